The van der Waals surface area contributed by atoms with E-state index in [0.717, 1.165) is 18.0 Å². The van der Waals surface area contributed by atoms with E-state index in [4.69, 9.17) is 43.0 Å². The molecule has 1 aliphatic heterocycles. The highest BCUT2D eigenvalue weighted by Crippen LogP contribution is 2.33. The zero-order valence-electron chi connectivity index (χ0n) is 17.6. The first-order valence-electron chi connectivity index (χ1n) is 9.29. The summed E-state index contributed by atoms with van der Waals surface area (Å²) in [7, 11) is 1.99. The average molecular weight is 479 g/mol. The van der Waals surface area contributed by atoms with Gasteiger partial charge in [-0.05, 0) is 45.9 Å². The summed E-state index contributed by atoms with van der Waals surface area (Å²) in [6.45, 7) is 10.0. The predicted molar refractivity (Wildman–Crippen MR) is 124 cm³/mol. The van der Waals surface area contributed by atoms with Gasteiger partial charge in [0.15, 0.2) is 5.50 Å². The highest BCUT2D eigenvalue weighted by molar-refractivity contribution is 8.00. The first kappa shape index (κ1) is 26.4. The van der Waals surface area contributed by atoms with Crippen molar-refractivity contribution in [1.82, 2.24) is 9.91 Å². The quantitative estimate of drug-likeness (QED) is 0.567. The third kappa shape index (κ3) is 7.86. The zero-order valence-corrected chi connectivity index (χ0v) is 19.9. The van der Waals surface area contributed by atoms with Gasteiger partial charge >= 0.3 is 11.9 Å². The fraction of sp³-hybridized carbons (Fsp3) is 0.526. The molecule has 0 spiro atoms. The number of hydrazine groups is 1. The molecule has 0 amide bonds. The topological polar surface area (TPSA) is 96.7 Å². The lowest BCUT2D eigenvalue weighted by Crippen LogP contribution is -2.41. The Hall–Kier alpha value is -1.68. The van der Waals surface area contributed by atoms with Crippen LogP contribution >= 0.6 is 35.0 Å². The van der Waals surface area contributed by atoms with Crippen molar-refractivity contribution in [2.24, 2.45) is 4.99 Å². The second-order valence-corrected chi connectivity index (χ2v) is 8.99. The van der Waals surface area contributed by atoms with Crippen LogP contribution in [0.4, 0.5) is 5.69 Å². The van der Waals surface area contributed by atoms with Crippen LogP contribution in [0.15, 0.2) is 23.2 Å². The largest absolute Gasteiger partial charge is 0.473 e. The smallest absolute Gasteiger partial charge is 0.414 e. The zero-order chi connectivity index (χ0) is 23.0. The maximum Gasteiger partial charge on any atom is 0.414 e. The molecule has 0 bridgehead atoms. The molecule has 1 aliphatic rings. The highest BCUT2D eigenvalue weighted by Gasteiger charge is 2.27. The number of halogens is 2. The van der Waals surface area contributed by atoms with Gasteiger partial charge in [0.05, 0.1) is 15.7 Å². The molecule has 0 radical (unpaired) electrons. The summed E-state index contributed by atoms with van der Waals surface area (Å²) in [6, 6.07) is 6.78. The Morgan fingerprint density at radius 1 is 1.13 bits per heavy atom. The first-order valence-corrected chi connectivity index (χ1v) is 11.1. The number of nitrogens with zero attached hydrogens (tertiary/aromatic N) is 4. The summed E-state index contributed by atoms with van der Waals surface area (Å²) < 4.78 is 0. The summed E-state index contributed by atoms with van der Waals surface area (Å²) >= 11 is 14.0. The van der Waals surface area contributed by atoms with Crippen molar-refractivity contribution in [3.8, 4) is 0 Å². The highest BCUT2D eigenvalue weighted by atomic mass is 35.5. The number of carbonyl (C=O) groups is 2. The number of hydrogen-bond donors (Lipinski definition) is 2. The molecule has 2 N–H and O–H groups in total. The molecular weight excluding hydrogens is 451 g/mol. The van der Waals surface area contributed by atoms with Crippen LogP contribution in [-0.4, -0.2) is 75.3 Å². The number of aliphatic imine (C=N–C) groups is 1. The van der Waals surface area contributed by atoms with Crippen molar-refractivity contribution in [2.75, 3.05) is 24.4 Å². The third-order valence-corrected chi connectivity index (χ3v) is 5.98. The van der Waals surface area contributed by atoms with Gasteiger partial charge < -0.3 is 10.2 Å². The fourth-order valence-electron chi connectivity index (χ4n) is 2.86. The van der Waals surface area contributed by atoms with E-state index in [1.165, 1.54) is 0 Å². The maximum absolute atomic E-state index is 9.10. The fourth-order valence-corrected chi connectivity index (χ4v) is 4.23. The van der Waals surface area contributed by atoms with E-state index in [9.17, 15) is 0 Å². The Labute approximate surface area is 191 Å². The van der Waals surface area contributed by atoms with Crippen LogP contribution in [-0.2, 0) is 9.59 Å². The van der Waals surface area contributed by atoms with Gasteiger partial charge in [-0.1, -0.05) is 23.2 Å². The van der Waals surface area contributed by atoms with Crippen molar-refractivity contribution >= 4 is 58.9 Å². The second kappa shape index (κ2) is 12.2. The van der Waals surface area contributed by atoms with Gasteiger partial charge in [-0.2, -0.15) is 0 Å². The molecule has 30 heavy (non-hydrogen) atoms. The number of rotatable bonds is 7. The predicted octanol–water partition coefficient (Wildman–Crippen LogP) is 3.98. The third-order valence-electron chi connectivity index (χ3n) is 4.20. The molecule has 2 rings (SSSR count). The van der Waals surface area contributed by atoms with Gasteiger partial charge in [-0.15, -0.1) is 11.8 Å². The molecule has 1 aromatic rings. The molecule has 1 atom stereocenters. The van der Waals surface area contributed by atoms with Gasteiger partial charge in [-0.3, -0.25) is 14.9 Å². The lowest BCUT2D eigenvalue weighted by molar-refractivity contribution is -0.159. The first-order chi connectivity index (χ1) is 14.0. The van der Waals surface area contributed by atoms with Gasteiger partial charge in [0.1, 0.15) is 6.34 Å². The lowest BCUT2D eigenvalue weighted by atomic mass is 10.2. The van der Waals surface area contributed by atoms with E-state index >= 15 is 0 Å². The molecule has 11 heteroatoms. The van der Waals surface area contributed by atoms with Crippen molar-refractivity contribution in [3.05, 3.63) is 28.2 Å². The van der Waals surface area contributed by atoms with Gasteiger partial charge in [-0.25, -0.2) is 14.6 Å². The monoisotopic (exact) mass is 478 g/mol. The number of benzene rings is 1. The van der Waals surface area contributed by atoms with Crippen LogP contribution in [0.3, 0.4) is 0 Å². The van der Waals surface area contributed by atoms with Crippen molar-refractivity contribution in [1.29, 1.82) is 0 Å². The lowest BCUT2D eigenvalue weighted by Gasteiger charge is -2.33. The van der Waals surface area contributed by atoms with Crippen LogP contribution in [0.1, 0.15) is 27.7 Å². The number of carboxylic acid groups (broad SMARTS) is 2. The minimum atomic E-state index is -1.82. The second-order valence-electron chi connectivity index (χ2n) is 7.01. The Kier molecular flexibility index (Phi) is 10.8. The number of carboxylic acids is 2. The summed E-state index contributed by atoms with van der Waals surface area (Å²) in [5.41, 5.74) is 1.01. The minimum absolute atomic E-state index is 0.0217. The van der Waals surface area contributed by atoms with Crippen LogP contribution < -0.4 is 5.01 Å². The normalized spacial score (nSPS) is 15.7. The van der Waals surface area contributed by atoms with Crippen LogP contribution in [0, 0.1) is 0 Å². The molecule has 0 aliphatic carbocycles. The van der Waals surface area contributed by atoms with E-state index in [1.54, 1.807) is 0 Å². The van der Waals surface area contributed by atoms with E-state index in [1.807, 2.05) is 48.4 Å². The molecule has 0 saturated heterocycles. The maximum atomic E-state index is 9.10. The number of hydrogen-bond acceptors (Lipinski definition) is 7. The van der Waals surface area contributed by atoms with Gasteiger partial charge in [0, 0.05) is 31.4 Å². The molecule has 0 aromatic heterocycles. The number of aliphatic carboxylic acids is 2. The molecule has 1 aromatic carbocycles. The Morgan fingerprint density at radius 3 is 2.17 bits per heavy atom. The molecule has 0 fully saturated rings. The number of thioether (sulfide) groups is 1. The molecule has 1 unspecified atom stereocenters. The summed E-state index contributed by atoms with van der Waals surface area (Å²) in [6.07, 6.45) is 1.85. The van der Waals surface area contributed by atoms with Crippen LogP contribution in [0.5, 0.6) is 0 Å². The Morgan fingerprint density at radius 2 is 1.70 bits per heavy atom. The van der Waals surface area contributed by atoms with Crippen LogP contribution in [0.25, 0.3) is 0 Å². The Balaban J connectivity index is 0.000000656. The van der Waals surface area contributed by atoms with E-state index in [0.29, 0.717) is 22.1 Å². The van der Waals surface area contributed by atoms with E-state index in [-0.39, 0.29) is 5.50 Å². The van der Waals surface area contributed by atoms with Crippen LogP contribution in [0.2, 0.25) is 10.0 Å². The minimum Gasteiger partial charge on any atom is -0.473 e. The summed E-state index contributed by atoms with van der Waals surface area (Å²) in [5, 5.41) is 20.0. The number of anilines is 1. The van der Waals surface area contributed by atoms with E-state index < -0.39 is 11.9 Å². The van der Waals surface area contributed by atoms with Crippen molar-refractivity contribution in [3.63, 3.8) is 0 Å². The van der Waals surface area contributed by atoms with Gasteiger partial charge in [0.25, 0.3) is 0 Å². The van der Waals surface area contributed by atoms with Crippen molar-refractivity contribution < 1.29 is 19.8 Å². The average Bonchev–Trinajstić information content (AvgIpc) is 3.01. The SMILES string of the molecule is CC(C)N(CCSC1N=CN(C)N1c1ccc(Cl)c(Cl)c1)C(C)C.O=C(O)C(=O)O. The molecule has 1 heterocycles. The van der Waals surface area contributed by atoms with Crippen molar-refractivity contribution in [2.45, 2.75) is 45.3 Å². The molecule has 168 valence electrons. The summed E-state index contributed by atoms with van der Waals surface area (Å²) in [4.78, 5) is 25.3. The molecular formula is C19H28Cl2N4O4S. The van der Waals surface area contributed by atoms with Gasteiger partial charge in [0.2, 0.25) is 0 Å². The summed E-state index contributed by atoms with van der Waals surface area (Å²) in [5.74, 6) is -2.63. The Bertz CT molecular complexity index is 744. The van der Waals surface area contributed by atoms with E-state index in [2.05, 4.69) is 42.6 Å². The standard InChI is InChI=1S/C17H26Cl2N4S.C2H2O4/c1-12(2)22(13(3)4)8-9-24-17-20-11-21(5)23(17)14-6-7-15(18)16(19)10-14;3-1(4)2(5)6/h6-7,10-13,17H,8-9H2,1-5H3;(H,3,4)(H,5,6). The molecule has 0 saturated carbocycles. The molecule has 8 nitrogen and oxygen atoms in total.